The van der Waals surface area contributed by atoms with Crippen molar-refractivity contribution in [2.45, 2.75) is 5.92 Å². The lowest BCUT2D eigenvalue weighted by Crippen LogP contribution is -2.15. The molecule has 0 radical (unpaired) electrons. The third kappa shape index (κ3) is 3.04. The Morgan fingerprint density at radius 1 is 1.33 bits per heavy atom. The van der Waals surface area contributed by atoms with Crippen LogP contribution in [0, 0.1) is 0 Å². The molecule has 0 fully saturated rings. The molecule has 1 aliphatic heterocycles. The predicted molar refractivity (Wildman–Crippen MR) is 90.2 cm³/mol. The summed E-state index contributed by atoms with van der Waals surface area (Å²) in [5.74, 6) is 1.87. The summed E-state index contributed by atoms with van der Waals surface area (Å²) in [6, 6.07) is 13.7. The smallest absolute Gasteiger partial charge is 0.129 e. The summed E-state index contributed by atoms with van der Waals surface area (Å²) < 4.78 is 12.5. The van der Waals surface area contributed by atoms with E-state index in [0.717, 1.165) is 15.8 Å². The number of halogens is 1. The second-order valence-corrected chi connectivity index (χ2v) is 6.22. The third-order valence-electron chi connectivity index (χ3n) is 3.45. The number of hydrogen-bond acceptors (Lipinski definition) is 3. The van der Waals surface area contributed by atoms with Gasteiger partial charge < -0.3 is 15.2 Å². The van der Waals surface area contributed by atoms with Crippen LogP contribution in [-0.4, -0.2) is 18.2 Å². The molecule has 2 N–H and O–H groups in total. The lowest BCUT2D eigenvalue weighted by Gasteiger charge is -2.14. The van der Waals surface area contributed by atoms with Crippen LogP contribution in [0.25, 0.3) is 0 Å². The first kappa shape index (κ1) is 14.4. The maximum absolute atomic E-state index is 5.93. The Hall–Kier alpha value is -1.59. The van der Waals surface area contributed by atoms with Crippen LogP contribution in [0.4, 0.5) is 0 Å². The Morgan fingerprint density at radius 3 is 2.95 bits per heavy atom. The molecule has 0 saturated heterocycles. The van der Waals surface area contributed by atoms with Crippen molar-refractivity contribution in [1.29, 1.82) is 0 Å². The minimum atomic E-state index is 0.226. The zero-order valence-electron chi connectivity index (χ0n) is 11.2. The molecule has 0 aliphatic carbocycles. The van der Waals surface area contributed by atoms with Crippen molar-refractivity contribution in [2.24, 2.45) is 5.73 Å². The summed E-state index contributed by atoms with van der Waals surface area (Å²) in [5, 5.41) is 0. The Morgan fingerprint density at radius 2 is 2.14 bits per heavy atom. The Bertz CT molecular complexity index is 690. The van der Waals surface area contributed by atoms with Gasteiger partial charge in [-0.2, -0.15) is 0 Å². The minimum Gasteiger partial charge on any atom is -0.493 e. The molecule has 108 valence electrons. The number of ether oxygens (including phenoxy) is 2. The molecule has 1 aliphatic rings. The van der Waals surface area contributed by atoms with Crippen LogP contribution in [0.15, 0.2) is 46.9 Å². The van der Waals surface area contributed by atoms with Crippen molar-refractivity contribution in [3.8, 4) is 11.5 Å². The molecule has 2 aromatic carbocycles. The molecule has 0 aromatic heterocycles. The highest BCUT2D eigenvalue weighted by Gasteiger charge is 2.24. The summed E-state index contributed by atoms with van der Waals surface area (Å²) in [6.07, 6.45) is 0. The van der Waals surface area contributed by atoms with Gasteiger partial charge in [-0.05, 0) is 24.3 Å². The quantitative estimate of drug-likeness (QED) is 0.842. The van der Waals surface area contributed by atoms with Gasteiger partial charge in [0, 0.05) is 10.0 Å². The summed E-state index contributed by atoms with van der Waals surface area (Å²) in [6.45, 7) is 1.17. The van der Waals surface area contributed by atoms with E-state index in [1.54, 1.807) is 0 Å². The maximum Gasteiger partial charge on any atom is 0.129 e. The molecular formula is C16H14BrNO2S. The molecule has 3 nitrogen and oxygen atoms in total. The van der Waals surface area contributed by atoms with Gasteiger partial charge in [0.25, 0.3) is 0 Å². The molecule has 1 unspecified atom stereocenters. The number of hydrogen-bond donors (Lipinski definition) is 1. The van der Waals surface area contributed by atoms with Gasteiger partial charge in [-0.3, -0.25) is 0 Å². The van der Waals surface area contributed by atoms with Gasteiger partial charge in [0.15, 0.2) is 0 Å². The van der Waals surface area contributed by atoms with E-state index >= 15 is 0 Å². The molecule has 0 amide bonds. The first-order valence-corrected chi connectivity index (χ1v) is 7.79. The second-order valence-electron chi connectivity index (χ2n) is 4.86. The van der Waals surface area contributed by atoms with Crippen LogP contribution < -0.4 is 15.2 Å². The lowest BCUT2D eigenvalue weighted by molar-refractivity contribution is 0.248. The summed E-state index contributed by atoms with van der Waals surface area (Å²) in [4.78, 5) is 0.328. The van der Waals surface area contributed by atoms with Crippen molar-refractivity contribution >= 4 is 33.1 Å². The first-order chi connectivity index (χ1) is 10.1. The van der Waals surface area contributed by atoms with E-state index in [0.29, 0.717) is 24.0 Å². The number of fused-ring (bicyclic) bond motifs is 1. The lowest BCUT2D eigenvalue weighted by atomic mass is 10.0. The van der Waals surface area contributed by atoms with Crippen molar-refractivity contribution in [2.75, 3.05) is 13.2 Å². The molecule has 1 heterocycles. The highest BCUT2D eigenvalue weighted by Crippen LogP contribution is 2.34. The average Bonchev–Trinajstić information content (AvgIpc) is 2.89. The fraction of sp³-hybridized carbons (Fsp3) is 0.188. The normalized spacial score (nSPS) is 16.1. The molecule has 21 heavy (non-hydrogen) atoms. The molecular weight excluding hydrogens is 350 g/mol. The maximum atomic E-state index is 5.93. The van der Waals surface area contributed by atoms with Crippen molar-refractivity contribution in [1.82, 2.24) is 0 Å². The first-order valence-electron chi connectivity index (χ1n) is 6.59. The van der Waals surface area contributed by atoms with Crippen LogP contribution in [0.3, 0.4) is 0 Å². The third-order valence-corrected chi connectivity index (χ3v) is 4.16. The van der Waals surface area contributed by atoms with Crippen LogP contribution in [-0.2, 0) is 0 Å². The number of para-hydroxylation sites is 1. The molecule has 5 heteroatoms. The number of nitrogens with two attached hydrogens (primary N) is 1. The Kier molecular flexibility index (Phi) is 4.12. The minimum absolute atomic E-state index is 0.226. The zero-order valence-corrected chi connectivity index (χ0v) is 13.6. The largest absolute Gasteiger partial charge is 0.493 e. The van der Waals surface area contributed by atoms with Crippen molar-refractivity contribution in [3.63, 3.8) is 0 Å². The van der Waals surface area contributed by atoms with Crippen LogP contribution >= 0.6 is 28.1 Å². The van der Waals surface area contributed by atoms with E-state index in [2.05, 4.69) is 22.0 Å². The van der Waals surface area contributed by atoms with Crippen LogP contribution in [0.2, 0.25) is 0 Å². The summed E-state index contributed by atoms with van der Waals surface area (Å²) >= 11 is 8.49. The van der Waals surface area contributed by atoms with Gasteiger partial charge in [-0.25, -0.2) is 0 Å². The Labute approximate surface area is 137 Å². The van der Waals surface area contributed by atoms with E-state index in [1.807, 2.05) is 36.4 Å². The molecule has 3 rings (SSSR count). The molecule has 2 aromatic rings. The topological polar surface area (TPSA) is 44.5 Å². The standard InChI is InChI=1S/C16H14BrNO2S/c17-11-5-6-15(13(7-11)16(18)21)20-9-10-8-19-14-4-2-1-3-12(10)14/h1-7,10H,8-9H2,(H2,18,21). The number of thiocarbonyl (C=S) groups is 1. The van der Waals surface area contributed by atoms with Gasteiger partial charge in [0.05, 0.1) is 24.7 Å². The van der Waals surface area contributed by atoms with E-state index in [-0.39, 0.29) is 5.92 Å². The van der Waals surface area contributed by atoms with Crippen molar-refractivity contribution < 1.29 is 9.47 Å². The average molecular weight is 364 g/mol. The molecule has 0 bridgehead atoms. The predicted octanol–water partition coefficient (Wildman–Crippen LogP) is 3.64. The van der Waals surface area contributed by atoms with E-state index in [4.69, 9.17) is 27.4 Å². The van der Waals surface area contributed by atoms with Crippen LogP contribution in [0.5, 0.6) is 11.5 Å². The van der Waals surface area contributed by atoms with Crippen LogP contribution in [0.1, 0.15) is 17.0 Å². The van der Waals surface area contributed by atoms with Gasteiger partial charge in [0.1, 0.15) is 16.5 Å². The zero-order chi connectivity index (χ0) is 14.8. The van der Waals surface area contributed by atoms with E-state index in [1.165, 1.54) is 5.56 Å². The molecule has 0 spiro atoms. The SMILES string of the molecule is NC(=S)c1cc(Br)ccc1OCC1COc2ccccc21. The summed E-state index contributed by atoms with van der Waals surface area (Å²) in [5.41, 5.74) is 7.68. The highest BCUT2D eigenvalue weighted by molar-refractivity contribution is 9.10. The van der Waals surface area contributed by atoms with Gasteiger partial charge in [0.2, 0.25) is 0 Å². The van der Waals surface area contributed by atoms with E-state index < -0.39 is 0 Å². The van der Waals surface area contributed by atoms with Gasteiger partial charge in [-0.15, -0.1) is 0 Å². The number of benzene rings is 2. The highest BCUT2D eigenvalue weighted by atomic mass is 79.9. The van der Waals surface area contributed by atoms with Gasteiger partial charge >= 0.3 is 0 Å². The Balaban J connectivity index is 1.76. The monoisotopic (exact) mass is 363 g/mol. The molecule has 1 atom stereocenters. The second kappa shape index (κ2) is 6.03. The fourth-order valence-electron chi connectivity index (χ4n) is 2.38. The van der Waals surface area contributed by atoms with Crippen molar-refractivity contribution in [3.05, 3.63) is 58.1 Å². The van der Waals surface area contributed by atoms with Gasteiger partial charge in [-0.1, -0.05) is 46.3 Å². The number of rotatable bonds is 4. The van der Waals surface area contributed by atoms with E-state index in [9.17, 15) is 0 Å². The molecule has 0 saturated carbocycles. The summed E-state index contributed by atoms with van der Waals surface area (Å²) in [7, 11) is 0. The fourth-order valence-corrected chi connectivity index (χ4v) is 2.90.